The number of rotatable bonds is 4. The lowest BCUT2D eigenvalue weighted by molar-refractivity contribution is 0.0525. The molecule has 3 aromatic rings. The summed E-state index contributed by atoms with van der Waals surface area (Å²) in [7, 11) is 0. The Morgan fingerprint density at radius 2 is 2.04 bits per heavy atom. The van der Waals surface area contributed by atoms with Crippen LogP contribution in [0.2, 0.25) is 0 Å². The number of aromatic amines is 1. The van der Waals surface area contributed by atoms with E-state index in [1.54, 1.807) is 31.4 Å². The maximum Gasteiger partial charge on any atom is 0.339 e. The zero-order valence-electron chi connectivity index (χ0n) is 13.6. The second-order valence-corrected chi connectivity index (χ2v) is 6.17. The van der Waals surface area contributed by atoms with Crippen molar-refractivity contribution in [3.63, 3.8) is 0 Å². The van der Waals surface area contributed by atoms with Gasteiger partial charge in [0.1, 0.15) is 10.8 Å². The van der Waals surface area contributed by atoms with E-state index in [-0.39, 0.29) is 18.0 Å². The first kappa shape index (κ1) is 17.0. The van der Waals surface area contributed by atoms with Gasteiger partial charge in [0.2, 0.25) is 0 Å². The summed E-state index contributed by atoms with van der Waals surface area (Å²) in [6.45, 7) is 3.61. The van der Waals surface area contributed by atoms with Crippen LogP contribution in [0.3, 0.4) is 0 Å². The molecule has 0 bridgehead atoms. The van der Waals surface area contributed by atoms with Gasteiger partial charge in [0, 0.05) is 16.6 Å². The molecule has 0 aliphatic rings. The molecule has 2 heterocycles. The first-order valence-electron chi connectivity index (χ1n) is 7.62. The van der Waals surface area contributed by atoms with Gasteiger partial charge in [-0.25, -0.2) is 14.2 Å². The number of nitrogens with zero attached hydrogens (tertiary/aromatic N) is 1. The number of carbonyl (C=O) groups is 1. The Morgan fingerprint density at radius 1 is 1.32 bits per heavy atom. The number of nitrogens with one attached hydrogen (secondary N) is 1. The molecule has 1 N–H and O–H groups in total. The quantitative estimate of drug-likeness (QED) is 0.720. The molecule has 128 valence electrons. The minimum Gasteiger partial charge on any atom is -0.462 e. The third-order valence-corrected chi connectivity index (χ3v) is 4.50. The summed E-state index contributed by atoms with van der Waals surface area (Å²) in [4.78, 5) is 31.4. The largest absolute Gasteiger partial charge is 0.462 e. The van der Waals surface area contributed by atoms with Crippen molar-refractivity contribution in [2.24, 2.45) is 0 Å². The average molecular weight is 358 g/mol. The Balaban J connectivity index is 2.02. The number of esters is 1. The number of aryl methyl sites for hydroxylation is 1. The minimum atomic E-state index is -0.494. The van der Waals surface area contributed by atoms with Crippen molar-refractivity contribution in [2.45, 2.75) is 13.8 Å². The van der Waals surface area contributed by atoms with Crippen LogP contribution >= 0.6 is 11.3 Å². The summed E-state index contributed by atoms with van der Waals surface area (Å²) in [6, 6.07) is 7.46. The predicted molar refractivity (Wildman–Crippen MR) is 94.3 cm³/mol. The number of pyridine rings is 1. The van der Waals surface area contributed by atoms with Crippen molar-refractivity contribution >= 4 is 17.3 Å². The molecular weight excluding hydrogens is 343 g/mol. The molecule has 0 aliphatic heterocycles. The van der Waals surface area contributed by atoms with E-state index >= 15 is 0 Å². The van der Waals surface area contributed by atoms with Crippen LogP contribution in [0.25, 0.3) is 21.8 Å². The minimum absolute atomic E-state index is 0.248. The maximum atomic E-state index is 13.0. The van der Waals surface area contributed by atoms with Gasteiger partial charge in [-0.15, -0.1) is 11.3 Å². The Morgan fingerprint density at radius 3 is 2.72 bits per heavy atom. The van der Waals surface area contributed by atoms with Gasteiger partial charge >= 0.3 is 5.97 Å². The summed E-state index contributed by atoms with van der Waals surface area (Å²) >= 11 is 1.34. The van der Waals surface area contributed by atoms with E-state index in [1.807, 2.05) is 0 Å². The fraction of sp³-hybridized carbons (Fsp3) is 0.167. The Bertz CT molecular complexity index is 977. The van der Waals surface area contributed by atoms with E-state index in [1.165, 1.54) is 29.5 Å². The summed E-state index contributed by atoms with van der Waals surface area (Å²) in [5, 5.41) is 2.39. The fourth-order valence-electron chi connectivity index (χ4n) is 2.36. The third kappa shape index (κ3) is 3.51. The van der Waals surface area contributed by atoms with Crippen LogP contribution in [-0.2, 0) is 4.74 Å². The second kappa shape index (κ2) is 6.98. The van der Waals surface area contributed by atoms with Crippen molar-refractivity contribution in [2.75, 3.05) is 6.61 Å². The van der Waals surface area contributed by atoms with E-state index in [2.05, 4.69) is 9.97 Å². The zero-order valence-corrected chi connectivity index (χ0v) is 14.4. The molecule has 25 heavy (non-hydrogen) atoms. The van der Waals surface area contributed by atoms with Crippen molar-refractivity contribution in [3.8, 4) is 21.8 Å². The van der Waals surface area contributed by atoms with Crippen LogP contribution in [0.1, 0.15) is 23.0 Å². The summed E-state index contributed by atoms with van der Waals surface area (Å²) in [6.07, 6.45) is 0. The van der Waals surface area contributed by atoms with Gasteiger partial charge in [0.15, 0.2) is 0 Å². The molecule has 0 fully saturated rings. The normalized spacial score (nSPS) is 10.7. The number of hydrogen-bond acceptors (Lipinski definition) is 5. The molecule has 3 rings (SSSR count). The molecule has 0 spiro atoms. The number of ether oxygens (including phenoxy) is 1. The van der Waals surface area contributed by atoms with Gasteiger partial charge in [-0.3, -0.25) is 4.79 Å². The summed E-state index contributed by atoms with van der Waals surface area (Å²) in [5.74, 6) is -0.818. The summed E-state index contributed by atoms with van der Waals surface area (Å²) < 4.78 is 18.1. The second-order valence-electron chi connectivity index (χ2n) is 5.32. The van der Waals surface area contributed by atoms with E-state index in [9.17, 15) is 14.0 Å². The van der Waals surface area contributed by atoms with Crippen molar-refractivity contribution in [1.82, 2.24) is 9.97 Å². The molecule has 0 saturated carbocycles. The van der Waals surface area contributed by atoms with Crippen LogP contribution in [0.4, 0.5) is 4.39 Å². The number of thiazole rings is 1. The fourth-order valence-corrected chi connectivity index (χ4v) is 3.18. The molecule has 0 atom stereocenters. The van der Waals surface area contributed by atoms with Crippen molar-refractivity contribution in [3.05, 3.63) is 63.1 Å². The van der Waals surface area contributed by atoms with Crippen LogP contribution in [0.15, 0.2) is 40.5 Å². The molecule has 0 aliphatic carbocycles. The van der Waals surface area contributed by atoms with Gasteiger partial charge in [-0.05, 0) is 44.2 Å². The van der Waals surface area contributed by atoms with E-state index in [4.69, 9.17) is 4.74 Å². The van der Waals surface area contributed by atoms with E-state index < -0.39 is 5.97 Å². The van der Waals surface area contributed by atoms with Gasteiger partial charge < -0.3 is 9.72 Å². The number of H-pyrrole nitrogens is 1. The van der Waals surface area contributed by atoms with Crippen LogP contribution in [0.5, 0.6) is 0 Å². The lowest BCUT2D eigenvalue weighted by Crippen LogP contribution is -2.16. The Labute approximate surface area is 147 Å². The van der Waals surface area contributed by atoms with Gasteiger partial charge in [-0.2, -0.15) is 0 Å². The lowest BCUT2D eigenvalue weighted by atomic mass is 10.1. The third-order valence-electron chi connectivity index (χ3n) is 3.60. The lowest BCUT2D eigenvalue weighted by Gasteiger charge is -2.06. The molecule has 0 radical (unpaired) electrons. The molecule has 2 aromatic heterocycles. The number of benzene rings is 1. The van der Waals surface area contributed by atoms with Crippen LogP contribution in [0, 0.1) is 12.7 Å². The van der Waals surface area contributed by atoms with Crippen LogP contribution in [-0.4, -0.2) is 22.5 Å². The molecule has 7 heteroatoms. The average Bonchev–Trinajstić information content (AvgIpc) is 3.05. The first-order chi connectivity index (χ1) is 12.0. The molecule has 5 nitrogen and oxygen atoms in total. The topological polar surface area (TPSA) is 72.0 Å². The highest BCUT2D eigenvalue weighted by molar-refractivity contribution is 7.13. The summed E-state index contributed by atoms with van der Waals surface area (Å²) in [5.41, 5.74) is 1.91. The molecule has 1 aromatic carbocycles. The van der Waals surface area contributed by atoms with Crippen LogP contribution < -0.4 is 5.56 Å². The van der Waals surface area contributed by atoms with Crippen molar-refractivity contribution < 1.29 is 13.9 Å². The molecule has 0 unspecified atom stereocenters. The maximum absolute atomic E-state index is 13.0. The van der Waals surface area contributed by atoms with Crippen molar-refractivity contribution in [1.29, 1.82) is 0 Å². The standard InChI is InChI=1S/C18H15FN2O3S/c1-3-24-18(23)13-8-14(16(22)20-10(13)2)15-9-25-17(21-15)11-4-6-12(19)7-5-11/h4-9H,3H2,1-2H3,(H,20,22). The zero-order chi connectivity index (χ0) is 18.0. The van der Waals surface area contributed by atoms with E-state index in [0.717, 1.165) is 5.56 Å². The number of carbonyl (C=O) groups excluding carboxylic acids is 1. The highest BCUT2D eigenvalue weighted by atomic mass is 32.1. The SMILES string of the molecule is CCOC(=O)c1cc(-c2csc(-c3ccc(F)cc3)n2)c(=O)[nH]c1C. The van der Waals surface area contributed by atoms with Gasteiger partial charge in [0.05, 0.1) is 23.4 Å². The highest BCUT2D eigenvalue weighted by Crippen LogP contribution is 2.28. The van der Waals surface area contributed by atoms with E-state index in [0.29, 0.717) is 27.5 Å². The first-order valence-corrected chi connectivity index (χ1v) is 8.50. The number of aromatic nitrogens is 2. The Kier molecular flexibility index (Phi) is 4.76. The Hall–Kier alpha value is -2.80. The smallest absolute Gasteiger partial charge is 0.339 e. The molecule has 0 amide bonds. The molecule has 0 saturated heterocycles. The molecular formula is C18H15FN2O3S. The monoisotopic (exact) mass is 358 g/mol. The number of halogens is 1. The highest BCUT2D eigenvalue weighted by Gasteiger charge is 2.17. The predicted octanol–water partition coefficient (Wildman–Crippen LogP) is 3.79. The van der Waals surface area contributed by atoms with Gasteiger partial charge in [-0.1, -0.05) is 0 Å². The van der Waals surface area contributed by atoms with Gasteiger partial charge in [0.25, 0.3) is 5.56 Å². The number of hydrogen-bond donors (Lipinski definition) is 1.